The average Bonchev–Trinajstić information content (AvgIpc) is 2.97. The second kappa shape index (κ2) is 5.50. The molecule has 0 aliphatic carbocycles. The zero-order chi connectivity index (χ0) is 14.8. The van der Waals surface area contributed by atoms with Gasteiger partial charge in [0.1, 0.15) is 6.10 Å². The second-order valence-corrected chi connectivity index (χ2v) is 5.17. The fourth-order valence-electron chi connectivity index (χ4n) is 2.49. The summed E-state index contributed by atoms with van der Waals surface area (Å²) in [5.41, 5.74) is 4.66. The molecule has 0 saturated carbocycles. The number of benzene rings is 2. The first-order valence-corrected chi connectivity index (χ1v) is 6.88. The van der Waals surface area contributed by atoms with Gasteiger partial charge in [-0.15, -0.1) is 5.10 Å². The first-order valence-electron chi connectivity index (χ1n) is 6.88. The van der Waals surface area contributed by atoms with Gasteiger partial charge in [-0.1, -0.05) is 47.2 Å². The monoisotopic (exact) mass is 279 g/mol. The maximum absolute atomic E-state index is 10.7. The maximum atomic E-state index is 10.7. The van der Waals surface area contributed by atoms with Gasteiger partial charge in [-0.25, -0.2) is 4.68 Å². The van der Waals surface area contributed by atoms with Crippen LogP contribution in [0.1, 0.15) is 28.5 Å². The van der Waals surface area contributed by atoms with E-state index < -0.39 is 6.10 Å². The fraction of sp³-hybridized carbons (Fsp3) is 0.176. The highest BCUT2D eigenvalue weighted by Crippen LogP contribution is 2.26. The van der Waals surface area contributed by atoms with Crippen LogP contribution in [0.2, 0.25) is 0 Å². The molecule has 4 nitrogen and oxygen atoms in total. The van der Waals surface area contributed by atoms with Crippen LogP contribution in [-0.2, 0) is 0 Å². The van der Waals surface area contributed by atoms with Crippen molar-refractivity contribution in [3.05, 3.63) is 77.1 Å². The predicted octanol–water partition coefficient (Wildman–Crippen LogP) is 2.97. The number of aliphatic hydroxyl groups excluding tert-OH is 1. The van der Waals surface area contributed by atoms with Crippen LogP contribution in [0, 0.1) is 13.8 Å². The lowest BCUT2D eigenvalue weighted by Crippen LogP contribution is -2.09. The zero-order valence-electron chi connectivity index (χ0n) is 12.1. The standard InChI is InChI=1S/C17H17N3O/c1-12-8-9-15(13(2)10-12)17(21)16-11-18-19-20(16)14-6-4-3-5-7-14/h3-11,17,21H,1-2H3. The van der Waals surface area contributed by atoms with Crippen LogP contribution in [0.4, 0.5) is 0 Å². The van der Waals surface area contributed by atoms with Gasteiger partial charge in [0.25, 0.3) is 0 Å². The summed E-state index contributed by atoms with van der Waals surface area (Å²) in [4.78, 5) is 0. The molecule has 1 atom stereocenters. The summed E-state index contributed by atoms with van der Waals surface area (Å²) in [6.45, 7) is 4.04. The first-order chi connectivity index (χ1) is 10.2. The molecule has 1 unspecified atom stereocenters. The third kappa shape index (κ3) is 2.58. The molecule has 3 aromatic rings. The van der Waals surface area contributed by atoms with Crippen molar-refractivity contribution in [2.24, 2.45) is 0 Å². The van der Waals surface area contributed by atoms with E-state index in [2.05, 4.69) is 16.4 Å². The lowest BCUT2D eigenvalue weighted by molar-refractivity contribution is 0.211. The number of aryl methyl sites for hydroxylation is 2. The van der Waals surface area contributed by atoms with Gasteiger partial charge in [-0.2, -0.15) is 0 Å². The van der Waals surface area contributed by atoms with Gasteiger partial charge in [0.15, 0.2) is 0 Å². The van der Waals surface area contributed by atoms with Crippen molar-refractivity contribution in [3.8, 4) is 5.69 Å². The predicted molar refractivity (Wildman–Crippen MR) is 81.3 cm³/mol. The quantitative estimate of drug-likeness (QED) is 0.802. The van der Waals surface area contributed by atoms with E-state index in [4.69, 9.17) is 0 Å². The summed E-state index contributed by atoms with van der Waals surface area (Å²) in [6, 6.07) is 15.7. The minimum Gasteiger partial charge on any atom is -0.382 e. The van der Waals surface area contributed by atoms with E-state index in [1.165, 1.54) is 5.56 Å². The molecule has 0 spiro atoms. The van der Waals surface area contributed by atoms with Gasteiger partial charge in [0.2, 0.25) is 0 Å². The Hall–Kier alpha value is -2.46. The highest BCUT2D eigenvalue weighted by molar-refractivity contribution is 5.38. The van der Waals surface area contributed by atoms with Gasteiger partial charge < -0.3 is 5.11 Å². The maximum Gasteiger partial charge on any atom is 0.123 e. The molecule has 1 aromatic heterocycles. The number of nitrogens with zero attached hydrogens (tertiary/aromatic N) is 3. The van der Waals surface area contributed by atoms with Gasteiger partial charge in [-0.3, -0.25) is 0 Å². The number of para-hydroxylation sites is 1. The van der Waals surface area contributed by atoms with Crippen LogP contribution in [0.5, 0.6) is 0 Å². The summed E-state index contributed by atoms with van der Waals surface area (Å²) in [5, 5.41) is 18.7. The van der Waals surface area contributed by atoms with E-state index in [1.807, 2.05) is 56.3 Å². The van der Waals surface area contributed by atoms with Crippen molar-refractivity contribution in [1.29, 1.82) is 0 Å². The smallest absolute Gasteiger partial charge is 0.123 e. The van der Waals surface area contributed by atoms with Crippen LogP contribution in [-0.4, -0.2) is 20.1 Å². The van der Waals surface area contributed by atoms with Crippen LogP contribution >= 0.6 is 0 Å². The summed E-state index contributed by atoms with van der Waals surface area (Å²) in [7, 11) is 0. The van der Waals surface area contributed by atoms with Crippen molar-refractivity contribution in [2.75, 3.05) is 0 Å². The third-order valence-electron chi connectivity index (χ3n) is 3.58. The van der Waals surface area contributed by atoms with E-state index in [9.17, 15) is 5.11 Å². The Kier molecular flexibility index (Phi) is 3.54. The SMILES string of the molecule is Cc1ccc(C(O)c2cnnn2-c2ccccc2)c(C)c1. The summed E-state index contributed by atoms with van der Waals surface area (Å²) < 4.78 is 1.67. The van der Waals surface area contributed by atoms with Crippen molar-refractivity contribution in [2.45, 2.75) is 20.0 Å². The Bertz CT molecular complexity index is 750. The summed E-state index contributed by atoms with van der Waals surface area (Å²) in [6.07, 6.45) is 0.859. The second-order valence-electron chi connectivity index (χ2n) is 5.17. The molecule has 106 valence electrons. The molecule has 0 saturated heterocycles. The van der Waals surface area contributed by atoms with Crippen molar-refractivity contribution in [1.82, 2.24) is 15.0 Å². The molecule has 0 amide bonds. The average molecular weight is 279 g/mol. The van der Waals surface area contributed by atoms with E-state index in [-0.39, 0.29) is 0 Å². The Morgan fingerprint density at radius 1 is 1.05 bits per heavy atom. The number of rotatable bonds is 3. The molecule has 0 aliphatic rings. The molecule has 2 aromatic carbocycles. The number of aliphatic hydroxyl groups is 1. The largest absolute Gasteiger partial charge is 0.382 e. The third-order valence-corrected chi connectivity index (χ3v) is 3.58. The van der Waals surface area contributed by atoms with Crippen LogP contribution in [0.15, 0.2) is 54.7 Å². The number of hydrogen-bond acceptors (Lipinski definition) is 3. The molecule has 0 bridgehead atoms. The Balaban J connectivity index is 2.03. The Labute approximate surface area is 123 Å². The van der Waals surface area contributed by atoms with E-state index >= 15 is 0 Å². The summed E-state index contributed by atoms with van der Waals surface area (Å²) >= 11 is 0. The van der Waals surface area contributed by atoms with Crippen LogP contribution in [0.3, 0.4) is 0 Å². The van der Waals surface area contributed by atoms with Crippen molar-refractivity contribution < 1.29 is 5.11 Å². The first kappa shape index (κ1) is 13.5. The fourth-order valence-corrected chi connectivity index (χ4v) is 2.49. The molecular formula is C17H17N3O. The lowest BCUT2D eigenvalue weighted by atomic mass is 9.99. The van der Waals surface area contributed by atoms with Gasteiger partial charge in [0, 0.05) is 0 Å². The number of aromatic nitrogens is 3. The van der Waals surface area contributed by atoms with Gasteiger partial charge >= 0.3 is 0 Å². The van der Waals surface area contributed by atoms with Crippen LogP contribution in [0.25, 0.3) is 5.69 Å². The molecule has 1 heterocycles. The minimum atomic E-state index is -0.749. The molecule has 0 radical (unpaired) electrons. The molecule has 0 aliphatic heterocycles. The Morgan fingerprint density at radius 2 is 1.81 bits per heavy atom. The molecule has 3 rings (SSSR count). The Morgan fingerprint density at radius 3 is 2.52 bits per heavy atom. The zero-order valence-corrected chi connectivity index (χ0v) is 12.1. The molecule has 0 fully saturated rings. The lowest BCUT2D eigenvalue weighted by Gasteiger charge is -2.15. The van der Waals surface area contributed by atoms with Gasteiger partial charge in [-0.05, 0) is 37.1 Å². The van der Waals surface area contributed by atoms with Crippen molar-refractivity contribution in [3.63, 3.8) is 0 Å². The molecule has 4 heteroatoms. The van der Waals surface area contributed by atoms with E-state index in [1.54, 1.807) is 10.9 Å². The molecule has 21 heavy (non-hydrogen) atoms. The molecule has 1 N–H and O–H groups in total. The highest BCUT2D eigenvalue weighted by atomic mass is 16.3. The van der Waals surface area contributed by atoms with Crippen molar-refractivity contribution >= 4 is 0 Å². The minimum absolute atomic E-state index is 0.660. The van der Waals surface area contributed by atoms with Crippen LogP contribution < -0.4 is 0 Å². The van der Waals surface area contributed by atoms with E-state index in [0.29, 0.717) is 5.69 Å². The topological polar surface area (TPSA) is 50.9 Å². The van der Waals surface area contributed by atoms with Gasteiger partial charge in [0.05, 0.1) is 17.6 Å². The normalized spacial score (nSPS) is 12.3. The molecular weight excluding hydrogens is 262 g/mol. The van der Waals surface area contributed by atoms with E-state index in [0.717, 1.165) is 16.8 Å². The number of hydrogen-bond donors (Lipinski definition) is 1. The summed E-state index contributed by atoms with van der Waals surface area (Å²) in [5.74, 6) is 0. The highest BCUT2D eigenvalue weighted by Gasteiger charge is 2.19.